The van der Waals surface area contributed by atoms with Crippen molar-refractivity contribution in [1.29, 1.82) is 5.26 Å². The Kier molecular flexibility index (Phi) is 3.16. The quantitative estimate of drug-likeness (QED) is 0.793. The fraction of sp³-hybridized carbons (Fsp3) is 0.0714. The zero-order valence-corrected chi connectivity index (χ0v) is 9.87. The molecular formula is C14H12FN3. The van der Waals surface area contributed by atoms with Crippen LogP contribution in [-0.2, 0) is 0 Å². The molecule has 3 N–H and O–H groups in total. The van der Waals surface area contributed by atoms with Crippen molar-refractivity contribution in [3.8, 4) is 6.07 Å². The predicted octanol–water partition coefficient (Wildman–Crippen LogP) is 3.33. The van der Waals surface area contributed by atoms with Crippen LogP contribution < -0.4 is 11.1 Å². The topological polar surface area (TPSA) is 61.8 Å². The van der Waals surface area contributed by atoms with E-state index < -0.39 is 0 Å². The molecule has 0 aromatic heterocycles. The van der Waals surface area contributed by atoms with Crippen molar-refractivity contribution < 1.29 is 4.39 Å². The van der Waals surface area contributed by atoms with Gasteiger partial charge in [-0.3, -0.25) is 0 Å². The minimum Gasteiger partial charge on any atom is -0.396 e. The summed E-state index contributed by atoms with van der Waals surface area (Å²) in [5.74, 6) is -0.282. The number of nitrogen functional groups attached to an aromatic ring is 1. The summed E-state index contributed by atoms with van der Waals surface area (Å²) in [6, 6.07) is 11.9. The van der Waals surface area contributed by atoms with Crippen molar-refractivity contribution in [2.24, 2.45) is 0 Å². The SMILES string of the molecule is Cc1c(F)cccc1Nc1cccc(C#N)c1N. The Morgan fingerprint density at radius 1 is 1.17 bits per heavy atom. The van der Waals surface area contributed by atoms with Gasteiger partial charge in [-0.1, -0.05) is 12.1 Å². The minimum absolute atomic E-state index is 0.282. The highest BCUT2D eigenvalue weighted by molar-refractivity contribution is 5.78. The van der Waals surface area contributed by atoms with Crippen molar-refractivity contribution in [3.63, 3.8) is 0 Å². The number of anilines is 3. The van der Waals surface area contributed by atoms with Crippen LogP contribution in [0.15, 0.2) is 36.4 Å². The van der Waals surface area contributed by atoms with Gasteiger partial charge in [0.15, 0.2) is 0 Å². The normalized spacial score (nSPS) is 9.83. The molecular weight excluding hydrogens is 229 g/mol. The lowest BCUT2D eigenvalue weighted by molar-refractivity contribution is 0.619. The summed E-state index contributed by atoms with van der Waals surface area (Å²) in [4.78, 5) is 0. The fourth-order valence-corrected chi connectivity index (χ4v) is 1.66. The van der Waals surface area contributed by atoms with Crippen molar-refractivity contribution in [2.45, 2.75) is 6.92 Å². The number of benzene rings is 2. The van der Waals surface area contributed by atoms with E-state index in [1.165, 1.54) is 6.07 Å². The van der Waals surface area contributed by atoms with Crippen molar-refractivity contribution in [3.05, 3.63) is 53.3 Å². The van der Waals surface area contributed by atoms with Gasteiger partial charge in [-0.15, -0.1) is 0 Å². The Morgan fingerprint density at radius 2 is 1.83 bits per heavy atom. The van der Waals surface area contributed by atoms with E-state index >= 15 is 0 Å². The summed E-state index contributed by atoms with van der Waals surface area (Å²) in [5, 5.41) is 11.9. The third kappa shape index (κ3) is 2.11. The molecule has 0 amide bonds. The Bertz CT molecular complexity index is 629. The molecule has 2 aromatic rings. The van der Waals surface area contributed by atoms with Gasteiger partial charge in [0.2, 0.25) is 0 Å². The van der Waals surface area contributed by atoms with Crippen LogP contribution in [0.1, 0.15) is 11.1 Å². The Hall–Kier alpha value is -2.54. The van der Waals surface area contributed by atoms with E-state index in [1.54, 1.807) is 37.3 Å². The number of hydrogen-bond acceptors (Lipinski definition) is 3. The maximum atomic E-state index is 13.4. The third-order valence-corrected chi connectivity index (χ3v) is 2.76. The standard InChI is InChI=1S/C14H12FN3/c1-9-11(15)5-3-6-12(9)18-13-7-2-4-10(8-16)14(13)17/h2-7,18H,17H2,1H3. The van der Waals surface area contributed by atoms with Crippen LogP contribution in [0, 0.1) is 24.1 Å². The minimum atomic E-state index is -0.282. The Balaban J connectivity index is 2.41. The van der Waals surface area contributed by atoms with Crippen LogP contribution in [-0.4, -0.2) is 0 Å². The van der Waals surface area contributed by atoms with Crippen LogP contribution in [0.5, 0.6) is 0 Å². The molecule has 0 unspecified atom stereocenters. The molecule has 0 bridgehead atoms. The van der Waals surface area contributed by atoms with Crippen LogP contribution in [0.25, 0.3) is 0 Å². The summed E-state index contributed by atoms with van der Waals surface area (Å²) in [5.41, 5.74) is 8.36. The number of rotatable bonds is 2. The molecule has 0 aliphatic rings. The average molecular weight is 241 g/mol. The first-order valence-corrected chi connectivity index (χ1v) is 5.44. The number of hydrogen-bond donors (Lipinski definition) is 2. The first-order chi connectivity index (χ1) is 8.63. The van der Waals surface area contributed by atoms with Gasteiger partial charge >= 0.3 is 0 Å². The molecule has 0 atom stereocenters. The van der Waals surface area contributed by atoms with E-state index in [0.29, 0.717) is 28.2 Å². The van der Waals surface area contributed by atoms with Gasteiger partial charge in [0.1, 0.15) is 11.9 Å². The van der Waals surface area contributed by atoms with E-state index in [2.05, 4.69) is 5.32 Å². The highest BCUT2D eigenvalue weighted by atomic mass is 19.1. The number of nitrogens with zero attached hydrogens (tertiary/aromatic N) is 1. The second-order valence-corrected chi connectivity index (χ2v) is 3.92. The van der Waals surface area contributed by atoms with Gasteiger partial charge in [0.05, 0.1) is 16.9 Å². The van der Waals surface area contributed by atoms with Gasteiger partial charge in [-0.2, -0.15) is 5.26 Å². The van der Waals surface area contributed by atoms with Crippen LogP contribution in [0.4, 0.5) is 21.5 Å². The van der Waals surface area contributed by atoms with Gasteiger partial charge in [-0.25, -0.2) is 4.39 Å². The molecule has 0 radical (unpaired) electrons. The van der Waals surface area contributed by atoms with Crippen LogP contribution in [0.2, 0.25) is 0 Å². The second kappa shape index (κ2) is 4.76. The lowest BCUT2D eigenvalue weighted by Gasteiger charge is -2.12. The van der Waals surface area contributed by atoms with Gasteiger partial charge in [-0.05, 0) is 31.2 Å². The molecule has 0 heterocycles. The van der Waals surface area contributed by atoms with Gasteiger partial charge in [0, 0.05) is 11.3 Å². The van der Waals surface area contributed by atoms with E-state index in [4.69, 9.17) is 11.0 Å². The molecule has 0 saturated carbocycles. The number of nitriles is 1. The Labute approximate surface area is 105 Å². The molecule has 2 rings (SSSR count). The molecule has 0 fully saturated rings. The van der Waals surface area contributed by atoms with E-state index in [0.717, 1.165) is 0 Å². The lowest BCUT2D eigenvalue weighted by atomic mass is 10.1. The van der Waals surface area contributed by atoms with E-state index in [-0.39, 0.29) is 5.82 Å². The average Bonchev–Trinajstić information content (AvgIpc) is 2.37. The fourth-order valence-electron chi connectivity index (χ4n) is 1.66. The molecule has 18 heavy (non-hydrogen) atoms. The van der Waals surface area contributed by atoms with E-state index in [1.807, 2.05) is 6.07 Å². The van der Waals surface area contributed by atoms with Crippen LogP contribution >= 0.6 is 0 Å². The molecule has 0 aliphatic heterocycles. The van der Waals surface area contributed by atoms with E-state index in [9.17, 15) is 4.39 Å². The summed E-state index contributed by atoms with van der Waals surface area (Å²) in [7, 11) is 0. The maximum Gasteiger partial charge on any atom is 0.128 e. The summed E-state index contributed by atoms with van der Waals surface area (Å²) >= 11 is 0. The molecule has 0 saturated heterocycles. The summed E-state index contributed by atoms with van der Waals surface area (Å²) < 4.78 is 13.4. The van der Waals surface area contributed by atoms with Crippen molar-refractivity contribution in [2.75, 3.05) is 11.1 Å². The highest BCUT2D eigenvalue weighted by Crippen LogP contribution is 2.28. The molecule has 4 heteroatoms. The van der Waals surface area contributed by atoms with Crippen molar-refractivity contribution in [1.82, 2.24) is 0 Å². The summed E-state index contributed by atoms with van der Waals surface area (Å²) in [6.07, 6.45) is 0. The zero-order chi connectivity index (χ0) is 13.1. The Morgan fingerprint density at radius 3 is 2.56 bits per heavy atom. The van der Waals surface area contributed by atoms with Gasteiger partial charge in [0.25, 0.3) is 0 Å². The first-order valence-electron chi connectivity index (χ1n) is 5.44. The largest absolute Gasteiger partial charge is 0.396 e. The molecule has 0 spiro atoms. The van der Waals surface area contributed by atoms with Crippen molar-refractivity contribution >= 4 is 17.1 Å². The monoisotopic (exact) mass is 241 g/mol. The molecule has 2 aromatic carbocycles. The predicted molar refractivity (Wildman–Crippen MR) is 70.0 cm³/mol. The highest BCUT2D eigenvalue weighted by Gasteiger charge is 2.07. The molecule has 0 aliphatic carbocycles. The van der Waals surface area contributed by atoms with Gasteiger partial charge < -0.3 is 11.1 Å². The lowest BCUT2D eigenvalue weighted by Crippen LogP contribution is -2.00. The molecule has 3 nitrogen and oxygen atoms in total. The first kappa shape index (κ1) is 11.9. The summed E-state index contributed by atoms with van der Waals surface area (Å²) in [6.45, 7) is 1.68. The number of halogens is 1. The second-order valence-electron chi connectivity index (χ2n) is 3.92. The maximum absolute atomic E-state index is 13.4. The third-order valence-electron chi connectivity index (χ3n) is 2.76. The zero-order valence-electron chi connectivity index (χ0n) is 9.87. The number of nitrogens with two attached hydrogens (primary N) is 1. The number of para-hydroxylation sites is 1. The van der Waals surface area contributed by atoms with Crippen LogP contribution in [0.3, 0.4) is 0 Å². The smallest absolute Gasteiger partial charge is 0.128 e. The molecule has 90 valence electrons. The number of nitrogens with one attached hydrogen (secondary N) is 1.